The van der Waals surface area contributed by atoms with Gasteiger partial charge in [-0.1, -0.05) is 0 Å². The molecule has 13 heavy (non-hydrogen) atoms. The normalized spacial score (nSPS) is 10.5. The molecule has 72 valence electrons. The number of nitrogens with one attached hydrogen (secondary N) is 1. The average molecular weight is 181 g/mol. The Kier molecular flexibility index (Phi) is 2.67. The first kappa shape index (κ1) is 9.73. The smallest absolute Gasteiger partial charge is 0.149 e. The fraction of sp³-hybridized carbons (Fsp3) is 0.500. The molecule has 0 amide bonds. The molecule has 0 atom stereocenters. The zero-order chi connectivity index (χ0) is 10.0. The van der Waals surface area contributed by atoms with Crippen LogP contribution in [0.15, 0.2) is 0 Å². The van der Waals surface area contributed by atoms with Crippen molar-refractivity contribution < 1.29 is 0 Å². The topological polar surface area (TPSA) is 67.1 Å². The Labute approximate surface area is 78.0 Å². The number of hydrogen-bond donors (Lipinski definition) is 2. The van der Waals surface area contributed by atoms with E-state index in [9.17, 15) is 0 Å². The Morgan fingerprint density at radius 3 is 2.38 bits per heavy atom. The van der Waals surface area contributed by atoms with Crippen LogP contribution in [0.4, 0.5) is 11.6 Å². The quantitative estimate of drug-likeness (QED) is 0.653. The van der Waals surface area contributed by atoms with E-state index in [2.05, 4.69) is 15.4 Å². The molecule has 1 aromatic heterocycles. The predicted octanol–water partition coefficient (Wildman–Crippen LogP) is 0.564. The molecule has 0 saturated carbocycles. The predicted molar refractivity (Wildman–Crippen MR) is 53.2 cm³/mol. The van der Waals surface area contributed by atoms with Gasteiger partial charge in [0.05, 0.1) is 0 Å². The number of nitrogens with zero attached hydrogens (tertiary/aromatic N) is 3. The molecule has 5 heteroatoms. The maximum Gasteiger partial charge on any atom is 0.149 e. The minimum atomic E-state index is 0.525. The number of anilines is 2. The highest BCUT2D eigenvalue weighted by Gasteiger charge is 2.05. The highest BCUT2D eigenvalue weighted by atomic mass is 15.5. The highest BCUT2D eigenvalue weighted by Crippen LogP contribution is 2.16. The van der Waals surface area contributed by atoms with Crippen molar-refractivity contribution in [3.63, 3.8) is 0 Å². The summed E-state index contributed by atoms with van der Waals surface area (Å²) in [6, 6.07) is 0. The molecule has 1 rings (SSSR count). The third-order valence-corrected chi connectivity index (χ3v) is 1.62. The maximum atomic E-state index is 5.69. The summed E-state index contributed by atoms with van der Waals surface area (Å²) in [5.41, 5.74) is 9.62. The van der Waals surface area contributed by atoms with E-state index in [1.54, 1.807) is 0 Å². The summed E-state index contributed by atoms with van der Waals surface area (Å²) in [6.07, 6.45) is 0. The second-order valence-electron chi connectivity index (χ2n) is 3.14. The van der Waals surface area contributed by atoms with Gasteiger partial charge in [-0.05, 0) is 13.8 Å². The molecule has 0 aliphatic rings. The molecular formula is C8H15N5. The number of nitrogens with two attached hydrogens (primary N) is 1. The van der Waals surface area contributed by atoms with Crippen LogP contribution in [0, 0.1) is 13.8 Å². The summed E-state index contributed by atoms with van der Waals surface area (Å²) >= 11 is 0. The monoisotopic (exact) mass is 181 g/mol. The van der Waals surface area contributed by atoms with Crippen LogP contribution in [0.5, 0.6) is 0 Å². The van der Waals surface area contributed by atoms with Gasteiger partial charge in [-0.3, -0.25) is 0 Å². The van der Waals surface area contributed by atoms with Gasteiger partial charge in [0.15, 0.2) is 0 Å². The van der Waals surface area contributed by atoms with Gasteiger partial charge >= 0.3 is 0 Å². The lowest BCUT2D eigenvalue weighted by atomic mass is 10.3. The Balaban J connectivity index is 3.05. The Bertz CT molecular complexity index is 308. The van der Waals surface area contributed by atoms with Crippen LogP contribution >= 0.6 is 0 Å². The van der Waals surface area contributed by atoms with Gasteiger partial charge in [-0.15, -0.1) is 0 Å². The van der Waals surface area contributed by atoms with E-state index in [4.69, 9.17) is 5.73 Å². The van der Waals surface area contributed by atoms with E-state index in [1.807, 2.05) is 33.0 Å². The third-order valence-electron chi connectivity index (χ3n) is 1.62. The van der Waals surface area contributed by atoms with Gasteiger partial charge in [0.25, 0.3) is 0 Å². The summed E-state index contributed by atoms with van der Waals surface area (Å²) in [7, 11) is 3.79. The first-order chi connectivity index (χ1) is 6.00. The fourth-order valence-electron chi connectivity index (χ4n) is 0.971. The number of nitrogen functional groups attached to an aromatic ring is 1. The van der Waals surface area contributed by atoms with Crippen molar-refractivity contribution in [1.29, 1.82) is 0 Å². The molecule has 0 saturated heterocycles. The number of aryl methyl sites for hydroxylation is 1. The molecule has 0 spiro atoms. The largest absolute Gasteiger partial charge is 0.383 e. The zero-order valence-corrected chi connectivity index (χ0v) is 8.42. The lowest BCUT2D eigenvalue weighted by Crippen LogP contribution is -2.22. The van der Waals surface area contributed by atoms with Crippen LogP contribution in [0.2, 0.25) is 0 Å². The molecule has 0 aromatic carbocycles. The number of rotatable bonds is 2. The second kappa shape index (κ2) is 3.57. The first-order valence-electron chi connectivity index (χ1n) is 4.05. The van der Waals surface area contributed by atoms with Crippen LogP contribution in [0.25, 0.3) is 0 Å². The van der Waals surface area contributed by atoms with Crippen molar-refractivity contribution in [2.24, 2.45) is 0 Å². The van der Waals surface area contributed by atoms with Crippen LogP contribution in [0.1, 0.15) is 11.4 Å². The molecular weight excluding hydrogens is 166 g/mol. The number of hydrazine groups is 1. The molecule has 0 unspecified atom stereocenters. The average Bonchev–Trinajstić information content (AvgIpc) is 1.98. The van der Waals surface area contributed by atoms with Crippen LogP contribution in [-0.4, -0.2) is 29.1 Å². The molecule has 1 aromatic rings. The van der Waals surface area contributed by atoms with Gasteiger partial charge in [-0.25, -0.2) is 15.0 Å². The van der Waals surface area contributed by atoms with Crippen LogP contribution in [-0.2, 0) is 0 Å². The van der Waals surface area contributed by atoms with Gasteiger partial charge in [0.2, 0.25) is 0 Å². The van der Waals surface area contributed by atoms with E-state index in [0.29, 0.717) is 11.6 Å². The van der Waals surface area contributed by atoms with Crippen molar-refractivity contribution in [2.45, 2.75) is 13.8 Å². The summed E-state index contributed by atoms with van der Waals surface area (Å²) < 4.78 is 0. The van der Waals surface area contributed by atoms with Gasteiger partial charge < -0.3 is 11.2 Å². The highest BCUT2D eigenvalue weighted by molar-refractivity contribution is 5.54. The summed E-state index contributed by atoms with van der Waals surface area (Å²) in [4.78, 5) is 8.28. The summed E-state index contributed by atoms with van der Waals surface area (Å²) in [5.74, 6) is 1.96. The Morgan fingerprint density at radius 2 is 1.85 bits per heavy atom. The van der Waals surface area contributed by atoms with E-state index in [-0.39, 0.29) is 0 Å². The van der Waals surface area contributed by atoms with Crippen molar-refractivity contribution in [3.05, 3.63) is 11.4 Å². The number of hydrogen-bond acceptors (Lipinski definition) is 5. The Morgan fingerprint density at radius 1 is 1.23 bits per heavy atom. The van der Waals surface area contributed by atoms with E-state index < -0.39 is 0 Å². The lowest BCUT2D eigenvalue weighted by molar-refractivity contribution is 0.491. The van der Waals surface area contributed by atoms with Crippen LogP contribution < -0.4 is 11.2 Å². The van der Waals surface area contributed by atoms with Crippen molar-refractivity contribution in [3.8, 4) is 0 Å². The van der Waals surface area contributed by atoms with Crippen molar-refractivity contribution in [1.82, 2.24) is 15.0 Å². The summed E-state index contributed by atoms with van der Waals surface area (Å²) in [6.45, 7) is 3.71. The third kappa shape index (κ3) is 2.29. The van der Waals surface area contributed by atoms with E-state index in [1.165, 1.54) is 0 Å². The molecule has 0 radical (unpaired) electrons. The van der Waals surface area contributed by atoms with Crippen molar-refractivity contribution >= 4 is 11.6 Å². The van der Waals surface area contributed by atoms with Crippen LogP contribution in [0.3, 0.4) is 0 Å². The maximum absolute atomic E-state index is 5.69. The second-order valence-corrected chi connectivity index (χ2v) is 3.14. The standard InChI is InChI=1S/C8H15N5/c1-5-7(9)10-6(2)11-8(5)12-13(3)4/h1-4H3,(H3,9,10,11,12). The molecule has 0 fully saturated rings. The lowest BCUT2D eigenvalue weighted by Gasteiger charge is -2.15. The summed E-state index contributed by atoms with van der Waals surface area (Å²) in [5, 5.41) is 1.81. The molecule has 5 nitrogen and oxygen atoms in total. The molecule has 3 N–H and O–H groups in total. The zero-order valence-electron chi connectivity index (χ0n) is 8.42. The first-order valence-corrected chi connectivity index (χ1v) is 4.05. The molecule has 0 aliphatic carbocycles. The van der Waals surface area contributed by atoms with Gasteiger partial charge in [0, 0.05) is 19.7 Å². The minimum absolute atomic E-state index is 0.525. The molecule has 0 bridgehead atoms. The minimum Gasteiger partial charge on any atom is -0.383 e. The fourth-order valence-corrected chi connectivity index (χ4v) is 0.971. The molecule has 1 heterocycles. The van der Waals surface area contributed by atoms with Gasteiger partial charge in [0.1, 0.15) is 17.5 Å². The SMILES string of the molecule is Cc1nc(N)c(C)c(NN(C)C)n1. The molecule has 0 aliphatic heterocycles. The van der Waals surface area contributed by atoms with E-state index in [0.717, 1.165) is 11.4 Å². The van der Waals surface area contributed by atoms with Gasteiger partial charge in [-0.2, -0.15) is 0 Å². The van der Waals surface area contributed by atoms with E-state index >= 15 is 0 Å². The van der Waals surface area contributed by atoms with Crippen molar-refractivity contribution in [2.75, 3.05) is 25.3 Å². The Hall–Kier alpha value is -1.36. The number of aromatic nitrogens is 2.